The Hall–Kier alpha value is -17.7. The molecule has 133 heavy (non-hydrogen) atoms. The summed E-state index contributed by atoms with van der Waals surface area (Å²) in [5.74, 6) is 5.60. The first-order valence-corrected chi connectivity index (χ1v) is 44.9. The second-order valence-corrected chi connectivity index (χ2v) is 34.3. The van der Waals surface area contributed by atoms with Crippen LogP contribution in [0.5, 0.6) is 0 Å². The lowest BCUT2D eigenvalue weighted by Gasteiger charge is -2.07. The van der Waals surface area contributed by atoms with E-state index in [-0.39, 0.29) is 0 Å². The van der Waals surface area contributed by atoms with Crippen molar-refractivity contribution in [2.75, 3.05) is 0 Å². The van der Waals surface area contributed by atoms with Crippen molar-refractivity contribution in [3.05, 3.63) is 394 Å². The molecule has 0 bridgehead atoms. The molecular weight excluding hydrogens is 1670 g/mol. The molecule has 5 aliphatic heterocycles. The SMILES string of the molecule is Cn1c2ncccc2c2c1n(-c1ccccc1)c1[n+]2Cc2ncccc2-1.[2H]C([2H])([2H])n1c2ncccc2c2c1n(-c1ccccc1)c1[n+]2Cc2ncccc2-1.c1ccc(-n2c3[n+](c4c5cccnc5n(-c5ccccc5)c42)Cc2ncccc2-3)cc1.c1ccc(-n2c3[n+](c4c5cccnc5oc42)Cc2ncccc2-3)cc1.c1ccc(-n2c3[n+](c4c5cccnc5sc42)Cc2ncccc2-3)cc1. The molecule has 25 heterocycles. The maximum atomic E-state index is 8.23. The van der Waals surface area contributed by atoms with E-state index in [1.54, 1.807) is 29.9 Å². The van der Waals surface area contributed by atoms with E-state index in [9.17, 15) is 0 Å². The summed E-state index contributed by atoms with van der Waals surface area (Å²) in [4.78, 5) is 48.2. The number of imidazole rings is 5. The number of aromatic nitrogens is 23. The van der Waals surface area contributed by atoms with E-state index in [2.05, 4.69) is 278 Å². The van der Waals surface area contributed by atoms with E-state index in [4.69, 9.17) is 13.5 Å². The highest BCUT2D eigenvalue weighted by atomic mass is 32.1. The van der Waals surface area contributed by atoms with Crippen LogP contribution in [-0.2, 0) is 46.7 Å². The Morgan fingerprint density at radius 3 is 1.00 bits per heavy atom. The van der Waals surface area contributed by atoms with Gasteiger partial charge in [0.2, 0.25) is 32.6 Å². The molecule has 0 spiro atoms. The minimum absolute atomic E-state index is 0.460. The fraction of sp³-hybridized carbons (Fsp3) is 0.0648. The Morgan fingerprint density at radius 2 is 0.564 bits per heavy atom. The number of hydrogen-bond acceptors (Lipinski definition) is 12. The van der Waals surface area contributed by atoms with Crippen molar-refractivity contribution in [3.8, 4) is 91.1 Å². The fourth-order valence-corrected chi connectivity index (χ4v) is 21.9. The minimum atomic E-state index is -2.37. The zero-order valence-electron chi connectivity index (χ0n) is 74.3. The molecule has 0 atom stereocenters. The van der Waals surface area contributed by atoms with E-state index >= 15 is 0 Å². The number of hydrogen-bond donors (Lipinski definition) is 0. The summed E-state index contributed by atoms with van der Waals surface area (Å²) in [5, 5.41) is 5.38. The quantitative estimate of drug-likeness (QED) is 0.143. The third-order valence-electron chi connectivity index (χ3n) is 26.1. The van der Waals surface area contributed by atoms with Gasteiger partial charge in [0.15, 0.2) is 11.2 Å². The Labute approximate surface area is 765 Å². The van der Waals surface area contributed by atoms with Gasteiger partial charge in [-0.1, -0.05) is 121 Å². The van der Waals surface area contributed by atoms with E-state index < -0.39 is 6.98 Å². The molecule has 0 saturated heterocycles. The van der Waals surface area contributed by atoms with Crippen LogP contribution >= 0.6 is 11.3 Å². The summed E-state index contributed by atoms with van der Waals surface area (Å²) in [6.45, 7) is 1.32. The fourth-order valence-electron chi connectivity index (χ4n) is 20.7. The molecule has 630 valence electrons. The van der Waals surface area contributed by atoms with Crippen LogP contribution in [0.4, 0.5) is 0 Å². The molecule has 0 radical (unpaired) electrons. The molecule has 6 aromatic carbocycles. The third-order valence-corrected chi connectivity index (χ3v) is 27.2. The summed E-state index contributed by atoms with van der Waals surface area (Å²) in [7, 11) is 2.09. The van der Waals surface area contributed by atoms with Crippen LogP contribution in [0.2, 0.25) is 0 Å². The van der Waals surface area contributed by atoms with Gasteiger partial charge in [0.25, 0.3) is 46.1 Å². The number of pyridine rings is 10. The summed E-state index contributed by atoms with van der Waals surface area (Å²) >= 11 is 1.75. The van der Waals surface area contributed by atoms with Crippen LogP contribution in [0.1, 0.15) is 32.6 Å². The van der Waals surface area contributed by atoms with Gasteiger partial charge in [-0.05, 0) is 194 Å². The van der Waals surface area contributed by atoms with Crippen molar-refractivity contribution < 1.29 is 31.4 Å². The highest BCUT2D eigenvalue weighted by Gasteiger charge is 2.45. The average Bonchev–Trinajstić information content (AvgIpc) is 1.55. The molecule has 0 N–H and O–H groups in total. The van der Waals surface area contributed by atoms with Gasteiger partial charge in [-0.3, -0.25) is 38.6 Å². The van der Waals surface area contributed by atoms with Crippen molar-refractivity contribution in [2.24, 2.45) is 14.0 Å². The van der Waals surface area contributed by atoms with E-state index in [0.29, 0.717) is 23.6 Å². The molecule has 26 aromatic rings. The van der Waals surface area contributed by atoms with Crippen LogP contribution in [-0.4, -0.2) is 86.4 Å². The number of aryl methyl sites for hydroxylation is 2. The summed E-state index contributed by atoms with van der Waals surface area (Å²) in [6.07, 6.45) is 18.3. The summed E-state index contributed by atoms with van der Waals surface area (Å²) in [5.41, 5.74) is 30.1. The predicted molar refractivity (Wildman–Crippen MR) is 513 cm³/mol. The van der Waals surface area contributed by atoms with Crippen LogP contribution in [0.25, 0.3) is 201 Å². The lowest BCUT2D eigenvalue weighted by atomic mass is 10.2. The van der Waals surface area contributed by atoms with Crippen LogP contribution in [0.3, 0.4) is 0 Å². The van der Waals surface area contributed by atoms with Gasteiger partial charge in [0.1, 0.15) is 77.3 Å². The van der Waals surface area contributed by atoms with Gasteiger partial charge in [-0.2, -0.15) is 22.8 Å². The number of benzene rings is 6. The summed E-state index contributed by atoms with van der Waals surface area (Å²) < 4.78 is 59.6. The van der Waals surface area contributed by atoms with Crippen LogP contribution in [0, 0.1) is 0 Å². The van der Waals surface area contributed by atoms with Crippen LogP contribution in [0.15, 0.2) is 370 Å². The lowest BCUT2D eigenvalue weighted by Crippen LogP contribution is -2.31. The second-order valence-electron chi connectivity index (χ2n) is 33.3. The molecule has 0 saturated carbocycles. The molecule has 0 amide bonds. The molecule has 5 aliphatic rings. The normalized spacial score (nSPS) is 13.0. The first-order chi connectivity index (χ1) is 67.1. The monoisotopic (exact) mass is 1750 g/mol. The van der Waals surface area contributed by atoms with Gasteiger partial charge in [0, 0.05) is 80.1 Å². The highest BCUT2D eigenvalue weighted by Crippen LogP contribution is 2.45. The summed E-state index contributed by atoms with van der Waals surface area (Å²) in [6, 6.07) is 103. The van der Waals surface area contributed by atoms with Gasteiger partial charge >= 0.3 is 5.71 Å². The molecule has 25 heteroatoms. The van der Waals surface area contributed by atoms with Crippen molar-refractivity contribution in [1.82, 2.24) is 86.4 Å². The van der Waals surface area contributed by atoms with Crippen molar-refractivity contribution in [1.29, 1.82) is 0 Å². The number of furan rings is 1. The van der Waals surface area contributed by atoms with Crippen molar-refractivity contribution in [3.63, 3.8) is 0 Å². The van der Waals surface area contributed by atoms with Gasteiger partial charge in [-0.15, -0.1) is 0 Å². The topological polar surface area (TPSA) is 201 Å². The number of fused-ring (bicyclic) bond motifs is 35. The van der Waals surface area contributed by atoms with Crippen molar-refractivity contribution >= 4 is 121 Å². The van der Waals surface area contributed by atoms with E-state index in [0.717, 1.165) is 172 Å². The van der Waals surface area contributed by atoms with Gasteiger partial charge in [-0.25, -0.2) is 47.8 Å². The molecule has 0 unspecified atom stereocenters. The Morgan fingerprint density at radius 1 is 0.263 bits per heavy atom. The first kappa shape index (κ1) is 72.3. The number of rotatable bonds is 6. The van der Waals surface area contributed by atoms with Gasteiger partial charge in [0.05, 0.1) is 88.9 Å². The standard InChI is InChI=1S/C26H18N5.2C21H16N5.C20H13N4O.C20H13N4S/c1-3-9-18(10-4-1)30-24-21(14-8-16-28-24)23-26(30)31(19-11-5-2-6-12-19)25-20-13-7-15-27-22(20)17-29(23)25;2*1-24-19-16(10-6-12-23-19)18-21(24)26(14-7-3-2-4-8-14)20-15-9-5-11-22-17(15)13-25(18)20;2*1-2-6-13(7-3-1)24-19-14-8-4-10-21-16(14)12-23(19)17-15-9-5-11-22-18(15)25-20(17)24/h1-16H,17H2;2*2-12H,13H2,1H3;2*1-11H,12H2/q5*+1/i;1D3;;;. The lowest BCUT2D eigenvalue weighted by molar-refractivity contribution is -0.645. The molecule has 31 rings (SSSR count). The first-order valence-electron chi connectivity index (χ1n) is 45.6. The highest BCUT2D eigenvalue weighted by molar-refractivity contribution is 7.25. The van der Waals surface area contributed by atoms with E-state index in [1.165, 1.54) is 70.7 Å². The van der Waals surface area contributed by atoms with Crippen LogP contribution < -0.4 is 22.8 Å². The molecule has 20 aromatic heterocycles. The second kappa shape index (κ2) is 30.0. The number of thiophene rings is 1. The molecule has 0 aliphatic carbocycles. The molecule has 24 nitrogen and oxygen atoms in total. The Kier molecular flexibility index (Phi) is 16.3. The molecule has 0 fully saturated rings. The zero-order chi connectivity index (χ0) is 90.1. The van der Waals surface area contributed by atoms with Crippen molar-refractivity contribution in [2.45, 2.75) is 32.7 Å². The molecular formula is C108H76N23OS+5. The van der Waals surface area contributed by atoms with Gasteiger partial charge < -0.3 is 4.42 Å². The smallest absolute Gasteiger partial charge is 0.346 e. The zero-order valence-corrected chi connectivity index (χ0v) is 72.1. The minimum Gasteiger partial charge on any atom is -0.400 e. The number of para-hydroxylation sites is 6. The maximum Gasteiger partial charge on any atom is 0.346 e. The van der Waals surface area contributed by atoms with E-state index in [1.807, 2.05) is 175 Å². The predicted octanol–water partition coefficient (Wildman–Crippen LogP) is 18.6. The maximum absolute atomic E-state index is 8.23. The average molecular weight is 1750 g/mol. The third kappa shape index (κ3) is 11.4. The Bertz CT molecular complexity index is 9150. The largest absolute Gasteiger partial charge is 0.400 e. The Balaban J connectivity index is 0.0000000864. The number of nitrogens with zero attached hydrogens (tertiary/aromatic N) is 23.